The number of halogens is 1. The van der Waals surface area contributed by atoms with Crippen LogP contribution in [0.25, 0.3) is 11.0 Å². The third-order valence-corrected chi connectivity index (χ3v) is 4.59. The third-order valence-electron chi connectivity index (χ3n) is 4.59. The number of aliphatic imine (C=N–C) groups is 1. The summed E-state index contributed by atoms with van der Waals surface area (Å²) in [5.74, 6) is 1.32. The van der Waals surface area contributed by atoms with Gasteiger partial charge in [0.2, 0.25) is 5.91 Å². The number of para-hydroxylation sites is 2. The number of nitrogens with one attached hydrogen (secondary N) is 2. The first kappa shape index (κ1) is 22.7. The molecule has 2 aromatic carbocycles. The highest BCUT2D eigenvalue weighted by atomic mass is 127. The third kappa shape index (κ3) is 5.93. The Labute approximate surface area is 187 Å². The maximum atomic E-state index is 11.3. The Morgan fingerprint density at radius 1 is 1.17 bits per heavy atom. The zero-order valence-electron chi connectivity index (χ0n) is 16.7. The molecular weight excluding hydrogens is 479 g/mol. The predicted octanol–water partition coefficient (Wildman–Crippen LogP) is 2.82. The number of imidazole rings is 1. The Balaban J connectivity index is 0.00000300. The predicted molar refractivity (Wildman–Crippen MR) is 128 cm³/mol. The average molecular weight is 506 g/mol. The molecule has 3 rings (SSSR count). The molecule has 0 aliphatic rings. The van der Waals surface area contributed by atoms with Crippen molar-refractivity contribution >= 4 is 46.9 Å². The first-order valence-electron chi connectivity index (χ1n) is 9.33. The van der Waals surface area contributed by atoms with E-state index in [2.05, 4.69) is 31.2 Å². The summed E-state index contributed by atoms with van der Waals surface area (Å²) in [6.45, 7) is 4.27. The summed E-state index contributed by atoms with van der Waals surface area (Å²) in [7, 11) is 1.74. The zero-order chi connectivity index (χ0) is 19.9. The van der Waals surface area contributed by atoms with Crippen LogP contribution in [-0.4, -0.2) is 35.0 Å². The summed E-state index contributed by atoms with van der Waals surface area (Å²) in [6.07, 6.45) is 0.944. The van der Waals surface area contributed by atoms with Gasteiger partial charge in [0.1, 0.15) is 5.82 Å². The molecule has 1 amide bonds. The monoisotopic (exact) mass is 506 g/mol. The number of guanidine groups is 1. The van der Waals surface area contributed by atoms with Gasteiger partial charge in [-0.3, -0.25) is 9.79 Å². The van der Waals surface area contributed by atoms with E-state index < -0.39 is 5.91 Å². The van der Waals surface area contributed by atoms with Crippen LogP contribution in [0.2, 0.25) is 0 Å². The van der Waals surface area contributed by atoms with Crippen LogP contribution in [0.15, 0.2) is 53.5 Å². The van der Waals surface area contributed by atoms with E-state index in [1.807, 2.05) is 37.3 Å². The van der Waals surface area contributed by atoms with Crippen molar-refractivity contribution in [1.29, 1.82) is 0 Å². The fourth-order valence-corrected chi connectivity index (χ4v) is 3.16. The number of primary amides is 1. The number of rotatable bonds is 7. The van der Waals surface area contributed by atoms with Crippen LogP contribution in [0.1, 0.15) is 28.2 Å². The van der Waals surface area contributed by atoms with Crippen LogP contribution < -0.4 is 16.4 Å². The number of carbonyl (C=O) groups is 1. The Morgan fingerprint density at radius 3 is 2.72 bits per heavy atom. The van der Waals surface area contributed by atoms with Gasteiger partial charge in [-0.25, -0.2) is 4.98 Å². The molecule has 154 valence electrons. The average Bonchev–Trinajstić information content (AvgIpc) is 3.02. The molecule has 0 saturated carbocycles. The van der Waals surface area contributed by atoms with Crippen molar-refractivity contribution in [3.63, 3.8) is 0 Å². The van der Waals surface area contributed by atoms with Gasteiger partial charge in [-0.2, -0.15) is 0 Å². The van der Waals surface area contributed by atoms with Crippen LogP contribution >= 0.6 is 24.0 Å². The lowest BCUT2D eigenvalue weighted by molar-refractivity contribution is 0.1000. The summed E-state index contributed by atoms with van der Waals surface area (Å²) in [5, 5.41) is 6.57. The molecule has 1 aromatic heterocycles. The zero-order valence-corrected chi connectivity index (χ0v) is 19.0. The second-order valence-electron chi connectivity index (χ2n) is 6.57. The molecule has 29 heavy (non-hydrogen) atoms. The molecule has 4 N–H and O–H groups in total. The molecule has 8 heteroatoms. The molecule has 0 atom stereocenters. The number of nitrogens with zero attached hydrogens (tertiary/aromatic N) is 3. The van der Waals surface area contributed by atoms with Gasteiger partial charge in [0.15, 0.2) is 5.96 Å². The van der Waals surface area contributed by atoms with Gasteiger partial charge < -0.3 is 20.9 Å². The van der Waals surface area contributed by atoms with Crippen molar-refractivity contribution < 1.29 is 4.79 Å². The number of carbonyl (C=O) groups excluding carboxylic acids is 1. The molecule has 3 aromatic rings. The smallest absolute Gasteiger partial charge is 0.248 e. The Bertz CT molecular complexity index is 998. The van der Waals surface area contributed by atoms with E-state index in [1.54, 1.807) is 19.2 Å². The quantitative estimate of drug-likeness (QED) is 0.199. The lowest BCUT2D eigenvalue weighted by Crippen LogP contribution is -2.37. The largest absolute Gasteiger partial charge is 0.366 e. The molecule has 0 saturated heterocycles. The van der Waals surface area contributed by atoms with Gasteiger partial charge in [0.25, 0.3) is 0 Å². The van der Waals surface area contributed by atoms with E-state index >= 15 is 0 Å². The van der Waals surface area contributed by atoms with Crippen LogP contribution in [0.4, 0.5) is 0 Å². The maximum Gasteiger partial charge on any atom is 0.248 e. The second-order valence-corrected chi connectivity index (χ2v) is 6.57. The van der Waals surface area contributed by atoms with Crippen LogP contribution in [-0.2, 0) is 13.1 Å². The molecule has 7 nitrogen and oxygen atoms in total. The van der Waals surface area contributed by atoms with Crippen LogP contribution in [0.3, 0.4) is 0 Å². The SMILES string of the molecule is CN=C(NCCCn1c(C)nc2ccccc21)NCc1cccc(C(N)=O)c1.I. The fraction of sp³-hybridized carbons (Fsp3) is 0.286. The number of amides is 1. The highest BCUT2D eigenvalue weighted by molar-refractivity contribution is 14.0. The molecule has 0 fully saturated rings. The van der Waals surface area contributed by atoms with E-state index in [9.17, 15) is 4.79 Å². The molecule has 0 aliphatic heterocycles. The number of nitrogens with two attached hydrogens (primary N) is 1. The lowest BCUT2D eigenvalue weighted by Gasteiger charge is -2.13. The van der Waals surface area contributed by atoms with E-state index in [0.29, 0.717) is 12.1 Å². The summed E-state index contributed by atoms with van der Waals surface area (Å²) in [6, 6.07) is 15.5. The first-order chi connectivity index (χ1) is 13.6. The van der Waals surface area contributed by atoms with Gasteiger partial charge >= 0.3 is 0 Å². The van der Waals surface area contributed by atoms with Crippen LogP contribution in [0.5, 0.6) is 0 Å². The first-order valence-corrected chi connectivity index (χ1v) is 9.33. The summed E-state index contributed by atoms with van der Waals surface area (Å²) in [5.41, 5.74) is 9.00. The Morgan fingerprint density at radius 2 is 1.97 bits per heavy atom. The van der Waals surface area contributed by atoms with E-state index in [1.165, 1.54) is 0 Å². The number of aryl methyl sites for hydroxylation is 2. The number of aromatic nitrogens is 2. The van der Waals surface area contributed by atoms with Gasteiger partial charge in [-0.15, -0.1) is 24.0 Å². The molecule has 0 aliphatic carbocycles. The molecular formula is C21H27IN6O. The molecule has 0 unspecified atom stereocenters. The number of hydrogen-bond acceptors (Lipinski definition) is 3. The van der Waals surface area contributed by atoms with Crippen molar-refractivity contribution in [3.05, 3.63) is 65.5 Å². The number of hydrogen-bond donors (Lipinski definition) is 3. The number of fused-ring (bicyclic) bond motifs is 1. The fourth-order valence-electron chi connectivity index (χ4n) is 3.16. The highest BCUT2D eigenvalue weighted by Gasteiger charge is 2.06. The van der Waals surface area contributed by atoms with Gasteiger partial charge in [0.05, 0.1) is 11.0 Å². The van der Waals surface area contributed by atoms with Crippen molar-refractivity contribution in [3.8, 4) is 0 Å². The topological polar surface area (TPSA) is 97.3 Å². The van der Waals surface area contributed by atoms with Crippen molar-refractivity contribution in [2.24, 2.45) is 10.7 Å². The van der Waals surface area contributed by atoms with Crippen molar-refractivity contribution in [2.75, 3.05) is 13.6 Å². The summed E-state index contributed by atoms with van der Waals surface area (Å²) >= 11 is 0. The van der Waals surface area contributed by atoms with E-state index in [0.717, 1.165) is 47.9 Å². The molecule has 0 radical (unpaired) electrons. The van der Waals surface area contributed by atoms with Crippen molar-refractivity contribution in [2.45, 2.75) is 26.4 Å². The van der Waals surface area contributed by atoms with Gasteiger partial charge in [-0.05, 0) is 43.2 Å². The maximum absolute atomic E-state index is 11.3. The lowest BCUT2D eigenvalue weighted by atomic mass is 10.1. The minimum absolute atomic E-state index is 0. The van der Waals surface area contributed by atoms with E-state index in [-0.39, 0.29) is 24.0 Å². The molecule has 1 heterocycles. The minimum atomic E-state index is -0.424. The van der Waals surface area contributed by atoms with Gasteiger partial charge in [-0.1, -0.05) is 24.3 Å². The summed E-state index contributed by atoms with van der Waals surface area (Å²) < 4.78 is 2.24. The Kier molecular flexibility index (Phi) is 8.44. The van der Waals surface area contributed by atoms with E-state index in [4.69, 9.17) is 5.73 Å². The number of benzene rings is 2. The molecule has 0 spiro atoms. The summed E-state index contributed by atoms with van der Waals surface area (Å²) in [4.78, 5) is 20.1. The van der Waals surface area contributed by atoms with Crippen molar-refractivity contribution in [1.82, 2.24) is 20.2 Å². The van der Waals surface area contributed by atoms with Crippen LogP contribution in [0, 0.1) is 6.92 Å². The Hall–Kier alpha value is -2.62. The second kappa shape index (κ2) is 10.8. The minimum Gasteiger partial charge on any atom is -0.366 e. The normalized spacial score (nSPS) is 11.2. The standard InChI is InChI=1S/C21H26N6O.HI/c1-15-26-18-9-3-4-10-19(18)27(15)12-6-11-24-21(23-2)25-14-16-7-5-8-17(13-16)20(22)28;/h3-5,7-10,13H,6,11-12,14H2,1-2H3,(H2,22,28)(H2,23,24,25);1H. The van der Waals surface area contributed by atoms with Gasteiger partial charge in [0, 0.05) is 32.2 Å². The highest BCUT2D eigenvalue weighted by Crippen LogP contribution is 2.15. The molecule has 0 bridgehead atoms.